The van der Waals surface area contributed by atoms with Gasteiger partial charge in [-0.2, -0.15) is 0 Å². The molecule has 0 radical (unpaired) electrons. The van der Waals surface area contributed by atoms with Gasteiger partial charge in [0.2, 0.25) is 0 Å². The Labute approximate surface area is 173 Å². The predicted molar refractivity (Wildman–Crippen MR) is 112 cm³/mol. The van der Waals surface area contributed by atoms with E-state index in [-0.39, 0.29) is 11.9 Å². The van der Waals surface area contributed by atoms with Crippen LogP contribution >= 0.6 is 23.4 Å². The smallest absolute Gasteiger partial charge is 0.254 e. The molecule has 1 amide bonds. The molecule has 3 aromatic rings. The van der Waals surface area contributed by atoms with Gasteiger partial charge in [0.15, 0.2) is 0 Å². The maximum Gasteiger partial charge on any atom is 0.254 e. The van der Waals surface area contributed by atoms with Crippen LogP contribution in [0, 0.1) is 13.8 Å². The first-order valence-electron chi connectivity index (χ1n) is 8.99. The van der Waals surface area contributed by atoms with Crippen molar-refractivity contribution in [3.05, 3.63) is 75.8 Å². The second-order valence-corrected chi connectivity index (χ2v) is 7.99. The van der Waals surface area contributed by atoms with Gasteiger partial charge in [0, 0.05) is 28.6 Å². The van der Waals surface area contributed by atoms with Crippen LogP contribution in [-0.4, -0.2) is 22.1 Å². The molecule has 3 rings (SSSR count). The van der Waals surface area contributed by atoms with Gasteiger partial charge >= 0.3 is 0 Å². The molecule has 2 aromatic heterocycles. The molecule has 0 saturated heterocycles. The average molecular weight is 416 g/mol. The maximum absolute atomic E-state index is 12.8. The van der Waals surface area contributed by atoms with Crippen LogP contribution in [0.3, 0.4) is 0 Å². The number of hydrogen-bond acceptors (Lipinski definition) is 5. The molecule has 0 aliphatic heterocycles. The molecule has 146 valence electrons. The van der Waals surface area contributed by atoms with Crippen LogP contribution in [0.5, 0.6) is 0 Å². The Morgan fingerprint density at radius 2 is 2.04 bits per heavy atom. The summed E-state index contributed by atoms with van der Waals surface area (Å²) in [6.07, 6.45) is 2.35. The van der Waals surface area contributed by atoms with Crippen molar-refractivity contribution in [2.24, 2.45) is 0 Å². The van der Waals surface area contributed by atoms with Crippen molar-refractivity contribution in [2.75, 3.05) is 0 Å². The summed E-state index contributed by atoms with van der Waals surface area (Å²) in [4.78, 5) is 17.2. The fourth-order valence-corrected chi connectivity index (χ4v) is 4.23. The van der Waals surface area contributed by atoms with E-state index in [4.69, 9.17) is 16.1 Å². The molecule has 1 N–H and O–H groups in total. The average Bonchev–Trinajstić information content (AvgIpc) is 3.00. The van der Waals surface area contributed by atoms with E-state index in [1.807, 2.05) is 45.0 Å². The Bertz CT molecular complexity index is 954. The van der Waals surface area contributed by atoms with Gasteiger partial charge in [-0.25, -0.2) is 4.98 Å². The van der Waals surface area contributed by atoms with Gasteiger partial charge in [-0.15, -0.1) is 11.8 Å². The van der Waals surface area contributed by atoms with Crippen molar-refractivity contribution < 1.29 is 9.32 Å². The van der Waals surface area contributed by atoms with Crippen LogP contribution < -0.4 is 5.32 Å². The molecule has 2 heterocycles. The summed E-state index contributed by atoms with van der Waals surface area (Å²) in [7, 11) is 0. The summed E-state index contributed by atoms with van der Waals surface area (Å²) in [5.41, 5.74) is 3.47. The van der Waals surface area contributed by atoms with Gasteiger partial charge in [0.1, 0.15) is 10.8 Å². The van der Waals surface area contributed by atoms with E-state index in [1.165, 1.54) is 11.8 Å². The molecule has 7 heteroatoms. The van der Waals surface area contributed by atoms with Gasteiger partial charge in [-0.05, 0) is 51.0 Å². The Balaban J connectivity index is 1.67. The third kappa shape index (κ3) is 4.94. The summed E-state index contributed by atoms with van der Waals surface area (Å²) >= 11 is 7.73. The number of aryl methyl sites for hydroxylation is 2. The molecule has 0 aliphatic rings. The lowest BCUT2D eigenvalue weighted by molar-refractivity contribution is 0.0936. The van der Waals surface area contributed by atoms with Crippen molar-refractivity contribution >= 4 is 29.3 Å². The number of aromatic nitrogens is 2. The molecule has 1 atom stereocenters. The van der Waals surface area contributed by atoms with Crippen LogP contribution in [0.25, 0.3) is 0 Å². The molecule has 1 aromatic carbocycles. The molecule has 0 unspecified atom stereocenters. The second-order valence-electron chi connectivity index (χ2n) is 6.62. The van der Waals surface area contributed by atoms with Gasteiger partial charge in [0.05, 0.1) is 11.3 Å². The summed E-state index contributed by atoms with van der Waals surface area (Å²) in [5, 5.41) is 8.41. The number of carbonyl (C=O) groups excluding carboxylic acids is 1. The fourth-order valence-electron chi connectivity index (χ4n) is 2.87. The van der Waals surface area contributed by atoms with Gasteiger partial charge in [-0.3, -0.25) is 4.79 Å². The summed E-state index contributed by atoms with van der Waals surface area (Å²) in [6.45, 7) is 5.77. The van der Waals surface area contributed by atoms with Crippen LogP contribution in [0.4, 0.5) is 0 Å². The Kier molecular flexibility index (Phi) is 6.75. The number of hydrogen-bond donors (Lipinski definition) is 1. The van der Waals surface area contributed by atoms with Crippen LogP contribution in [-0.2, 0) is 12.2 Å². The molecule has 5 nitrogen and oxygen atoms in total. The third-order valence-electron chi connectivity index (χ3n) is 4.41. The number of benzene rings is 1. The molecular formula is C21H22ClN3O2S. The highest BCUT2D eigenvalue weighted by atomic mass is 35.5. The Morgan fingerprint density at radius 3 is 2.75 bits per heavy atom. The largest absolute Gasteiger partial charge is 0.361 e. The van der Waals surface area contributed by atoms with Crippen molar-refractivity contribution in [3.8, 4) is 0 Å². The minimum Gasteiger partial charge on any atom is -0.361 e. The van der Waals surface area contributed by atoms with Crippen molar-refractivity contribution in [2.45, 2.75) is 44.0 Å². The van der Waals surface area contributed by atoms with Crippen LogP contribution in [0.15, 0.2) is 52.1 Å². The van der Waals surface area contributed by atoms with E-state index in [0.29, 0.717) is 27.8 Å². The number of amides is 1. The zero-order valence-corrected chi connectivity index (χ0v) is 17.6. The number of thioether (sulfide) groups is 1. The highest BCUT2D eigenvalue weighted by molar-refractivity contribution is 7.98. The number of halogens is 1. The maximum atomic E-state index is 12.8. The molecule has 0 spiro atoms. The number of pyridine rings is 1. The summed E-state index contributed by atoms with van der Waals surface area (Å²) < 4.78 is 5.21. The Morgan fingerprint density at radius 1 is 1.25 bits per heavy atom. The van der Waals surface area contributed by atoms with E-state index < -0.39 is 0 Å². The van der Waals surface area contributed by atoms with Crippen molar-refractivity contribution in [3.63, 3.8) is 0 Å². The number of nitrogens with zero attached hydrogens (tertiary/aromatic N) is 2. The third-order valence-corrected chi connectivity index (χ3v) is 5.81. The van der Waals surface area contributed by atoms with Gasteiger partial charge in [0.25, 0.3) is 5.91 Å². The first-order valence-corrected chi connectivity index (χ1v) is 10.4. The minimum absolute atomic E-state index is 0.0620. The SMILES string of the molecule is Cc1noc(C)c1CSc1ncccc1C(=O)N[C@H](C)Cc1ccccc1Cl. The number of carbonyl (C=O) groups is 1. The van der Waals surface area contributed by atoms with E-state index in [2.05, 4.69) is 15.5 Å². The molecular weight excluding hydrogens is 394 g/mol. The topological polar surface area (TPSA) is 68.0 Å². The zero-order chi connectivity index (χ0) is 20.1. The lowest BCUT2D eigenvalue weighted by Crippen LogP contribution is -2.34. The Hall–Kier alpha value is -2.31. The molecule has 0 saturated carbocycles. The summed E-state index contributed by atoms with van der Waals surface area (Å²) in [5.74, 6) is 1.29. The lowest BCUT2D eigenvalue weighted by atomic mass is 10.1. The van der Waals surface area contributed by atoms with E-state index in [9.17, 15) is 4.79 Å². The predicted octanol–water partition coefficient (Wildman–Crippen LogP) is 4.99. The lowest BCUT2D eigenvalue weighted by Gasteiger charge is -2.16. The fraction of sp³-hybridized carbons (Fsp3) is 0.286. The van der Waals surface area contributed by atoms with Crippen molar-refractivity contribution in [1.29, 1.82) is 0 Å². The van der Waals surface area contributed by atoms with Gasteiger partial charge < -0.3 is 9.84 Å². The highest BCUT2D eigenvalue weighted by Gasteiger charge is 2.17. The number of nitrogens with one attached hydrogen (secondary N) is 1. The highest BCUT2D eigenvalue weighted by Crippen LogP contribution is 2.27. The number of rotatable bonds is 7. The molecule has 28 heavy (non-hydrogen) atoms. The molecule has 0 fully saturated rings. The first-order chi connectivity index (χ1) is 13.5. The monoisotopic (exact) mass is 415 g/mol. The molecule has 0 aliphatic carbocycles. The quantitative estimate of drug-likeness (QED) is 0.550. The minimum atomic E-state index is -0.145. The van der Waals surface area contributed by atoms with E-state index in [0.717, 1.165) is 22.6 Å². The van der Waals surface area contributed by atoms with Crippen LogP contribution in [0.2, 0.25) is 5.02 Å². The summed E-state index contributed by atoms with van der Waals surface area (Å²) in [6, 6.07) is 11.2. The second kappa shape index (κ2) is 9.26. The van der Waals surface area contributed by atoms with Crippen molar-refractivity contribution in [1.82, 2.24) is 15.5 Å². The van der Waals surface area contributed by atoms with E-state index >= 15 is 0 Å². The normalized spacial score (nSPS) is 12.0. The molecule has 0 bridgehead atoms. The first kappa shape index (κ1) is 20.4. The zero-order valence-electron chi connectivity index (χ0n) is 16.0. The van der Waals surface area contributed by atoms with Crippen LogP contribution in [0.1, 0.15) is 39.9 Å². The van der Waals surface area contributed by atoms with Gasteiger partial charge in [-0.1, -0.05) is 35.0 Å². The standard InChI is InChI=1S/C21H22ClN3O2S/c1-13(11-16-7-4-5-9-19(16)22)24-20(26)17-8-6-10-23-21(17)28-12-18-14(2)25-27-15(18)3/h4-10,13H,11-12H2,1-3H3,(H,24,26)/t13-/m1/s1. The van der Waals surface area contributed by atoms with E-state index in [1.54, 1.807) is 18.3 Å².